The minimum absolute atomic E-state index is 0.0748. The summed E-state index contributed by atoms with van der Waals surface area (Å²) < 4.78 is 52.0. The van der Waals surface area contributed by atoms with Gasteiger partial charge < -0.3 is 15.2 Å². The topological polar surface area (TPSA) is 97.0 Å². The van der Waals surface area contributed by atoms with Crippen LogP contribution in [0.25, 0.3) is 0 Å². The lowest BCUT2D eigenvalue weighted by Gasteiger charge is -2.26. The van der Waals surface area contributed by atoms with E-state index in [2.05, 4.69) is 5.10 Å². The highest BCUT2D eigenvalue weighted by Gasteiger charge is 2.45. The number of hydrogen-bond acceptors (Lipinski definition) is 5. The number of alkyl halides is 3. The number of para-hydroxylation sites is 1. The molecule has 31 heavy (non-hydrogen) atoms. The zero-order valence-corrected chi connectivity index (χ0v) is 16.5. The van der Waals surface area contributed by atoms with E-state index >= 15 is 0 Å². The van der Waals surface area contributed by atoms with Crippen molar-refractivity contribution >= 4 is 11.6 Å². The number of fused-ring (bicyclic) bond motifs is 1. The number of rotatable bonds is 4. The number of nitrogens with two attached hydrogens (primary N) is 1. The van der Waals surface area contributed by atoms with Crippen molar-refractivity contribution in [2.24, 2.45) is 5.73 Å². The molecule has 158 valence electrons. The monoisotopic (exact) mass is 446 g/mol. The van der Waals surface area contributed by atoms with Crippen LogP contribution < -0.4 is 15.2 Å². The lowest BCUT2D eigenvalue weighted by atomic mass is 9.83. The Labute approximate surface area is 179 Å². The summed E-state index contributed by atoms with van der Waals surface area (Å²) in [6, 6.07) is 15.4. The zero-order chi connectivity index (χ0) is 22.2. The molecule has 0 spiro atoms. The normalized spacial score (nSPS) is 15.8. The van der Waals surface area contributed by atoms with Gasteiger partial charge in [-0.1, -0.05) is 48.0 Å². The minimum Gasteiger partial charge on any atom is -0.489 e. The van der Waals surface area contributed by atoms with Crippen molar-refractivity contribution < 1.29 is 22.6 Å². The van der Waals surface area contributed by atoms with Gasteiger partial charge in [0.25, 0.3) is 0 Å². The van der Waals surface area contributed by atoms with E-state index in [9.17, 15) is 18.4 Å². The molecule has 0 saturated heterocycles. The Kier molecular flexibility index (Phi) is 5.25. The van der Waals surface area contributed by atoms with Gasteiger partial charge in [-0.15, -0.1) is 5.10 Å². The van der Waals surface area contributed by atoms with Crippen molar-refractivity contribution in [1.82, 2.24) is 10.2 Å². The number of allylic oxidation sites excluding steroid dienone is 1. The maximum absolute atomic E-state index is 13.6. The first-order chi connectivity index (χ1) is 14.8. The first kappa shape index (κ1) is 20.6. The van der Waals surface area contributed by atoms with Gasteiger partial charge in [-0.05, 0) is 12.1 Å². The number of nitrogens with one attached hydrogen (secondary N) is 1. The average molecular weight is 447 g/mol. The SMILES string of the molecule is N#CC1=C(N)Oc2n[nH]c(C(F)(F)F)c2[C@H]1c1ccccc1OCc1ccccc1Cl. The molecule has 0 radical (unpaired) electrons. The van der Waals surface area contributed by atoms with Gasteiger partial charge in [0.2, 0.25) is 11.8 Å². The van der Waals surface area contributed by atoms with E-state index in [0.29, 0.717) is 16.1 Å². The van der Waals surface area contributed by atoms with Crippen LogP contribution in [0.5, 0.6) is 11.6 Å². The quantitative estimate of drug-likeness (QED) is 0.595. The van der Waals surface area contributed by atoms with Gasteiger partial charge in [0.05, 0.1) is 11.5 Å². The van der Waals surface area contributed by atoms with Crippen LogP contribution >= 0.6 is 11.6 Å². The number of nitriles is 1. The molecule has 2 aromatic carbocycles. The van der Waals surface area contributed by atoms with E-state index in [0.717, 1.165) is 0 Å². The van der Waals surface area contributed by atoms with Crippen LogP contribution in [0.4, 0.5) is 13.2 Å². The molecular weight excluding hydrogens is 433 g/mol. The summed E-state index contributed by atoms with van der Waals surface area (Å²) in [7, 11) is 0. The Morgan fingerprint density at radius 2 is 1.90 bits per heavy atom. The van der Waals surface area contributed by atoms with Crippen molar-refractivity contribution in [3.05, 3.63) is 87.4 Å². The number of aromatic nitrogens is 2. The van der Waals surface area contributed by atoms with E-state index in [1.54, 1.807) is 48.5 Å². The van der Waals surface area contributed by atoms with Crippen LogP contribution in [-0.2, 0) is 12.8 Å². The van der Waals surface area contributed by atoms with Gasteiger partial charge in [0.15, 0.2) is 0 Å². The smallest absolute Gasteiger partial charge is 0.433 e. The molecule has 6 nitrogen and oxygen atoms in total. The Morgan fingerprint density at radius 1 is 1.19 bits per heavy atom. The number of aromatic amines is 1. The first-order valence-electron chi connectivity index (χ1n) is 8.99. The Balaban J connectivity index is 1.82. The number of nitrogens with zero attached hydrogens (tertiary/aromatic N) is 2. The second-order valence-electron chi connectivity index (χ2n) is 6.66. The van der Waals surface area contributed by atoms with Crippen LogP contribution in [0, 0.1) is 11.3 Å². The largest absolute Gasteiger partial charge is 0.489 e. The maximum Gasteiger partial charge on any atom is 0.433 e. The first-order valence-corrected chi connectivity index (χ1v) is 9.37. The van der Waals surface area contributed by atoms with Crippen LogP contribution in [-0.4, -0.2) is 10.2 Å². The second-order valence-corrected chi connectivity index (χ2v) is 7.07. The molecule has 1 aliphatic rings. The van der Waals surface area contributed by atoms with Crippen molar-refractivity contribution in [2.45, 2.75) is 18.7 Å². The number of halogens is 4. The third-order valence-corrected chi connectivity index (χ3v) is 5.16. The average Bonchev–Trinajstić information content (AvgIpc) is 3.16. The molecule has 1 atom stereocenters. The van der Waals surface area contributed by atoms with Gasteiger partial charge in [-0.3, -0.25) is 5.10 Å². The fourth-order valence-electron chi connectivity index (χ4n) is 3.39. The van der Waals surface area contributed by atoms with Gasteiger partial charge in [-0.2, -0.15) is 18.4 Å². The highest BCUT2D eigenvalue weighted by molar-refractivity contribution is 6.31. The van der Waals surface area contributed by atoms with Crippen LogP contribution in [0.15, 0.2) is 60.0 Å². The van der Waals surface area contributed by atoms with Crippen LogP contribution in [0.3, 0.4) is 0 Å². The lowest BCUT2D eigenvalue weighted by Crippen LogP contribution is -2.23. The van der Waals surface area contributed by atoms with Crippen molar-refractivity contribution in [3.8, 4) is 17.7 Å². The van der Waals surface area contributed by atoms with Crippen LogP contribution in [0.2, 0.25) is 5.02 Å². The molecule has 0 fully saturated rings. The van der Waals surface area contributed by atoms with E-state index in [-0.39, 0.29) is 35.3 Å². The maximum atomic E-state index is 13.6. The van der Waals surface area contributed by atoms with Crippen molar-refractivity contribution in [2.75, 3.05) is 0 Å². The van der Waals surface area contributed by atoms with Crippen molar-refractivity contribution in [3.63, 3.8) is 0 Å². The van der Waals surface area contributed by atoms with E-state index in [1.165, 1.54) is 0 Å². The van der Waals surface area contributed by atoms with Gasteiger partial charge >= 0.3 is 6.18 Å². The number of ether oxygens (including phenoxy) is 2. The number of hydrogen-bond donors (Lipinski definition) is 2. The van der Waals surface area contributed by atoms with Gasteiger partial charge in [0.1, 0.15) is 29.7 Å². The molecule has 0 bridgehead atoms. The zero-order valence-electron chi connectivity index (χ0n) is 15.7. The second kappa shape index (κ2) is 7.89. The molecule has 3 aromatic rings. The fourth-order valence-corrected chi connectivity index (χ4v) is 3.58. The molecule has 10 heteroatoms. The molecule has 0 unspecified atom stereocenters. The molecule has 1 aliphatic heterocycles. The highest BCUT2D eigenvalue weighted by atomic mass is 35.5. The molecule has 1 aromatic heterocycles. The van der Waals surface area contributed by atoms with Gasteiger partial charge in [-0.25, -0.2) is 0 Å². The van der Waals surface area contributed by atoms with E-state index < -0.39 is 17.8 Å². The Morgan fingerprint density at radius 3 is 2.61 bits per heavy atom. The molecular formula is C21H14ClF3N4O2. The van der Waals surface area contributed by atoms with Crippen LogP contribution in [0.1, 0.15) is 28.3 Å². The Bertz CT molecular complexity index is 1210. The predicted molar refractivity (Wildman–Crippen MR) is 105 cm³/mol. The molecule has 4 rings (SSSR count). The van der Waals surface area contributed by atoms with E-state index in [4.69, 9.17) is 26.8 Å². The third kappa shape index (κ3) is 3.78. The summed E-state index contributed by atoms with van der Waals surface area (Å²) in [4.78, 5) is 0. The molecule has 0 saturated carbocycles. The summed E-state index contributed by atoms with van der Waals surface area (Å²) >= 11 is 6.17. The number of H-pyrrole nitrogens is 1. The third-order valence-electron chi connectivity index (χ3n) is 4.79. The molecule has 3 N–H and O–H groups in total. The molecule has 0 aliphatic carbocycles. The molecule has 0 amide bonds. The summed E-state index contributed by atoms with van der Waals surface area (Å²) in [5, 5.41) is 15.7. The number of benzene rings is 2. The highest BCUT2D eigenvalue weighted by Crippen LogP contribution is 2.48. The summed E-state index contributed by atoms with van der Waals surface area (Å²) in [6.45, 7) is 0.0748. The summed E-state index contributed by atoms with van der Waals surface area (Å²) in [6.07, 6.45) is -4.75. The summed E-state index contributed by atoms with van der Waals surface area (Å²) in [5.41, 5.74) is 5.22. The van der Waals surface area contributed by atoms with E-state index in [1.807, 2.05) is 11.2 Å². The Hall–Kier alpha value is -3.64. The van der Waals surface area contributed by atoms with Gasteiger partial charge in [0, 0.05) is 16.1 Å². The predicted octanol–water partition coefficient (Wildman–Crippen LogP) is 4.88. The minimum atomic E-state index is -4.75. The lowest BCUT2D eigenvalue weighted by molar-refractivity contribution is -0.141. The van der Waals surface area contributed by atoms with Crippen molar-refractivity contribution in [1.29, 1.82) is 5.26 Å². The molecule has 2 heterocycles. The summed E-state index contributed by atoms with van der Waals surface area (Å²) in [5.74, 6) is -1.57. The fraction of sp³-hybridized carbons (Fsp3) is 0.143. The standard InChI is InChI=1S/C21H14ClF3N4O2/c22-14-7-3-1-5-11(14)10-30-15-8-4-2-6-12(15)16-13(9-26)19(27)31-20-17(16)18(28-29-20)21(23,24)25/h1-8,16H,10,27H2,(H,28,29)/t16-/m0/s1.